The largest absolute Gasteiger partial charge is 0.364 e. The molecule has 0 radical (unpaired) electrons. The minimum Gasteiger partial charge on any atom is -0.364 e. The molecule has 7 nitrogen and oxygen atoms in total. The second kappa shape index (κ2) is 6.05. The number of anilines is 1. The van der Waals surface area contributed by atoms with Crippen LogP contribution in [0.4, 0.5) is 5.82 Å². The zero-order valence-electron chi connectivity index (χ0n) is 13.2. The Morgan fingerprint density at radius 2 is 1.95 bits per heavy atom. The smallest absolute Gasteiger partial charge is 0.242 e. The third-order valence-electron chi connectivity index (χ3n) is 2.85. The van der Waals surface area contributed by atoms with Crippen LogP contribution in [0, 0.1) is 0 Å². The normalized spacial score (nSPS) is 12.4. The number of aryl methyl sites for hydroxylation is 1. The fourth-order valence-electron chi connectivity index (χ4n) is 1.84. The van der Waals surface area contributed by atoms with Crippen LogP contribution in [0.1, 0.15) is 26.5 Å². The third kappa shape index (κ3) is 4.28. The van der Waals surface area contributed by atoms with Crippen LogP contribution >= 0.6 is 0 Å². The Kier molecular flexibility index (Phi) is 4.52. The van der Waals surface area contributed by atoms with Gasteiger partial charge < -0.3 is 9.88 Å². The SMILES string of the molecule is Cn1cncc1CNc1ccc(S(=O)(=O)NC(C)(C)C)cn1. The molecule has 0 fully saturated rings. The molecule has 0 aliphatic rings. The van der Waals surface area contributed by atoms with Gasteiger partial charge in [-0.1, -0.05) is 0 Å². The van der Waals surface area contributed by atoms with Crippen LogP contribution in [-0.2, 0) is 23.6 Å². The Morgan fingerprint density at radius 3 is 2.45 bits per heavy atom. The molecule has 0 saturated heterocycles. The summed E-state index contributed by atoms with van der Waals surface area (Å²) in [5.41, 5.74) is 0.475. The molecular weight excluding hydrogens is 302 g/mol. The molecule has 2 N–H and O–H groups in total. The molecule has 0 amide bonds. The van der Waals surface area contributed by atoms with Crippen molar-refractivity contribution in [1.29, 1.82) is 0 Å². The number of hydrogen-bond donors (Lipinski definition) is 2. The Labute approximate surface area is 130 Å². The predicted octanol–water partition coefficient (Wildman–Crippen LogP) is 1.50. The summed E-state index contributed by atoms with van der Waals surface area (Å²) in [6.07, 6.45) is 4.83. The van der Waals surface area contributed by atoms with Gasteiger partial charge in [-0.05, 0) is 32.9 Å². The number of aromatic nitrogens is 3. The number of sulfonamides is 1. The first-order valence-corrected chi connectivity index (χ1v) is 8.35. The maximum atomic E-state index is 12.2. The molecule has 2 aromatic heterocycles. The van der Waals surface area contributed by atoms with E-state index >= 15 is 0 Å². The third-order valence-corrected chi connectivity index (χ3v) is 4.60. The van der Waals surface area contributed by atoms with Gasteiger partial charge in [0.2, 0.25) is 10.0 Å². The van der Waals surface area contributed by atoms with Gasteiger partial charge in [-0.2, -0.15) is 0 Å². The Hall–Kier alpha value is -1.93. The highest BCUT2D eigenvalue weighted by Crippen LogP contribution is 2.14. The van der Waals surface area contributed by atoms with E-state index in [1.807, 2.05) is 11.6 Å². The molecule has 0 spiro atoms. The zero-order chi connectivity index (χ0) is 16.4. The van der Waals surface area contributed by atoms with Gasteiger partial charge in [0.15, 0.2) is 0 Å². The molecule has 0 aliphatic heterocycles. The van der Waals surface area contributed by atoms with E-state index in [4.69, 9.17) is 0 Å². The van der Waals surface area contributed by atoms with E-state index in [9.17, 15) is 8.42 Å². The van der Waals surface area contributed by atoms with Crippen molar-refractivity contribution < 1.29 is 8.42 Å². The summed E-state index contributed by atoms with van der Waals surface area (Å²) in [6, 6.07) is 3.18. The molecule has 120 valence electrons. The van der Waals surface area contributed by atoms with Gasteiger partial charge in [0.25, 0.3) is 0 Å². The Bertz CT molecular complexity index is 729. The van der Waals surface area contributed by atoms with Crippen LogP contribution in [0.2, 0.25) is 0 Å². The standard InChI is InChI=1S/C14H21N5O2S/c1-14(2,3)18-22(20,21)12-5-6-13(17-9-12)16-8-11-7-15-10-19(11)4/h5-7,9-10,18H,8H2,1-4H3,(H,16,17). The number of rotatable bonds is 5. The first kappa shape index (κ1) is 16.4. The van der Waals surface area contributed by atoms with Gasteiger partial charge in [0.1, 0.15) is 10.7 Å². The van der Waals surface area contributed by atoms with E-state index in [2.05, 4.69) is 20.0 Å². The summed E-state index contributed by atoms with van der Waals surface area (Å²) >= 11 is 0. The lowest BCUT2D eigenvalue weighted by molar-refractivity contribution is 0.491. The van der Waals surface area contributed by atoms with E-state index in [1.54, 1.807) is 39.4 Å². The van der Waals surface area contributed by atoms with Gasteiger partial charge >= 0.3 is 0 Å². The van der Waals surface area contributed by atoms with Crippen molar-refractivity contribution in [3.8, 4) is 0 Å². The number of nitrogens with one attached hydrogen (secondary N) is 2. The molecule has 22 heavy (non-hydrogen) atoms. The highest BCUT2D eigenvalue weighted by Gasteiger charge is 2.22. The molecule has 2 heterocycles. The average Bonchev–Trinajstić information content (AvgIpc) is 2.80. The summed E-state index contributed by atoms with van der Waals surface area (Å²) in [7, 11) is -1.65. The topological polar surface area (TPSA) is 88.9 Å². The van der Waals surface area contributed by atoms with E-state index in [1.165, 1.54) is 12.3 Å². The minimum atomic E-state index is -3.55. The van der Waals surface area contributed by atoms with Gasteiger partial charge in [0, 0.05) is 25.0 Å². The summed E-state index contributed by atoms with van der Waals surface area (Å²) in [5.74, 6) is 0.607. The minimum absolute atomic E-state index is 0.147. The van der Waals surface area contributed by atoms with Crippen LogP contribution in [0.3, 0.4) is 0 Å². The molecule has 2 rings (SSSR count). The molecule has 2 aromatic rings. The molecule has 0 aromatic carbocycles. The summed E-state index contributed by atoms with van der Waals surface area (Å²) in [6.45, 7) is 5.95. The second-order valence-electron chi connectivity index (χ2n) is 6.08. The van der Waals surface area contributed by atoms with Gasteiger partial charge in [-0.3, -0.25) is 0 Å². The van der Waals surface area contributed by atoms with Crippen molar-refractivity contribution in [2.75, 3.05) is 5.32 Å². The lowest BCUT2D eigenvalue weighted by Crippen LogP contribution is -2.40. The quantitative estimate of drug-likeness (QED) is 0.870. The van der Waals surface area contributed by atoms with Crippen molar-refractivity contribution in [3.63, 3.8) is 0 Å². The maximum Gasteiger partial charge on any atom is 0.242 e. The maximum absolute atomic E-state index is 12.2. The van der Waals surface area contributed by atoms with E-state index in [-0.39, 0.29) is 4.90 Å². The highest BCUT2D eigenvalue weighted by atomic mass is 32.2. The molecular formula is C14H21N5O2S. The number of imidazole rings is 1. The summed E-state index contributed by atoms with van der Waals surface area (Å²) < 4.78 is 28.8. The van der Waals surface area contributed by atoms with Crippen molar-refractivity contribution >= 4 is 15.8 Å². The lowest BCUT2D eigenvalue weighted by atomic mass is 10.1. The number of pyridine rings is 1. The van der Waals surface area contributed by atoms with Crippen molar-refractivity contribution in [2.24, 2.45) is 7.05 Å². The Balaban J connectivity index is 2.06. The van der Waals surface area contributed by atoms with E-state index in [0.717, 1.165) is 5.69 Å². The van der Waals surface area contributed by atoms with Gasteiger partial charge in [-0.25, -0.2) is 23.1 Å². The fourth-order valence-corrected chi connectivity index (χ4v) is 3.20. The van der Waals surface area contributed by atoms with Crippen LogP contribution in [0.15, 0.2) is 35.7 Å². The van der Waals surface area contributed by atoms with Crippen LogP contribution in [0.5, 0.6) is 0 Å². The second-order valence-corrected chi connectivity index (χ2v) is 7.77. The first-order chi connectivity index (χ1) is 10.2. The molecule has 0 atom stereocenters. The number of hydrogen-bond acceptors (Lipinski definition) is 5. The first-order valence-electron chi connectivity index (χ1n) is 6.86. The molecule has 0 saturated carbocycles. The molecule has 8 heteroatoms. The zero-order valence-corrected chi connectivity index (χ0v) is 14.0. The monoisotopic (exact) mass is 323 g/mol. The average molecular weight is 323 g/mol. The highest BCUT2D eigenvalue weighted by molar-refractivity contribution is 7.89. The van der Waals surface area contributed by atoms with Crippen molar-refractivity contribution in [2.45, 2.75) is 37.8 Å². The number of nitrogens with zero attached hydrogens (tertiary/aromatic N) is 3. The van der Waals surface area contributed by atoms with Gasteiger partial charge in [0.05, 0.1) is 18.6 Å². The van der Waals surface area contributed by atoms with Crippen molar-refractivity contribution in [1.82, 2.24) is 19.3 Å². The molecule has 0 bridgehead atoms. The van der Waals surface area contributed by atoms with Crippen LogP contribution < -0.4 is 10.0 Å². The van der Waals surface area contributed by atoms with Crippen molar-refractivity contribution in [3.05, 3.63) is 36.5 Å². The van der Waals surface area contributed by atoms with Crippen LogP contribution in [0.25, 0.3) is 0 Å². The lowest BCUT2D eigenvalue weighted by Gasteiger charge is -2.20. The summed E-state index contributed by atoms with van der Waals surface area (Å²) in [4.78, 5) is 8.32. The van der Waals surface area contributed by atoms with E-state index in [0.29, 0.717) is 12.4 Å². The fraction of sp³-hybridized carbons (Fsp3) is 0.429. The molecule has 0 aliphatic carbocycles. The van der Waals surface area contributed by atoms with Gasteiger partial charge in [-0.15, -0.1) is 0 Å². The molecule has 0 unspecified atom stereocenters. The van der Waals surface area contributed by atoms with E-state index < -0.39 is 15.6 Å². The van der Waals surface area contributed by atoms with Crippen LogP contribution in [-0.4, -0.2) is 28.5 Å². The summed E-state index contributed by atoms with van der Waals surface area (Å²) in [5, 5.41) is 3.13. The Morgan fingerprint density at radius 1 is 1.23 bits per heavy atom. The predicted molar refractivity (Wildman–Crippen MR) is 84.8 cm³/mol.